The first-order valence-corrected chi connectivity index (χ1v) is 9.93. The van der Waals surface area contributed by atoms with Crippen molar-refractivity contribution in [3.63, 3.8) is 0 Å². The number of benzene rings is 2. The Morgan fingerprint density at radius 3 is 1.70 bits per heavy atom. The summed E-state index contributed by atoms with van der Waals surface area (Å²) in [7, 11) is 0. The Morgan fingerprint density at radius 1 is 0.850 bits per heavy atom. The fourth-order valence-electron chi connectivity index (χ4n) is 2.31. The molecule has 2 aromatic carbocycles. The minimum atomic E-state index is 0.918. The van der Waals surface area contributed by atoms with Crippen molar-refractivity contribution in [3.05, 3.63) is 42.2 Å². The molecule has 1 aliphatic rings. The molecule has 0 aromatic heterocycles. The van der Waals surface area contributed by atoms with Crippen LogP contribution in [-0.2, 0) is 0 Å². The molecule has 20 heavy (non-hydrogen) atoms. The van der Waals surface area contributed by atoms with Crippen LogP contribution in [0.25, 0.3) is 0 Å². The van der Waals surface area contributed by atoms with E-state index in [9.17, 15) is 0 Å². The number of fused-ring (bicyclic) bond motifs is 2. The van der Waals surface area contributed by atoms with E-state index in [1.54, 1.807) is 11.8 Å². The monoisotopic (exact) mass is 539 g/mol. The van der Waals surface area contributed by atoms with Crippen LogP contribution >= 0.6 is 75.5 Å². The normalized spacial score (nSPS) is 13.2. The zero-order valence-corrected chi connectivity index (χ0v) is 17.5. The topological polar surface area (TPSA) is 3.24 Å². The number of halogens is 4. The molecule has 0 atom stereocenters. The molecule has 0 saturated carbocycles. The molecule has 0 unspecified atom stereocenters. The van der Waals surface area contributed by atoms with Gasteiger partial charge in [0.1, 0.15) is 0 Å². The van der Waals surface area contributed by atoms with E-state index < -0.39 is 0 Å². The number of nitrogens with zero attached hydrogens (tertiary/aromatic N) is 1. The highest BCUT2D eigenvalue weighted by Gasteiger charge is 2.27. The Kier molecular flexibility index (Phi) is 4.59. The van der Waals surface area contributed by atoms with Gasteiger partial charge in [-0.3, -0.25) is 0 Å². The fraction of sp³-hybridized carbons (Fsp3) is 0.143. The summed E-state index contributed by atoms with van der Waals surface area (Å²) in [6, 6.07) is 8.54. The Bertz CT molecular complexity index is 645. The summed E-state index contributed by atoms with van der Waals surface area (Å²) < 4.78 is 4.39. The van der Waals surface area contributed by atoms with Crippen molar-refractivity contribution in [1.82, 2.24) is 0 Å². The standard InChI is InChI=1S/C14H9Br4NS/c1-2-19-13-9(17)3-7(15)5-11(13)20-12-6-8(16)4-10(18)14(12)19/h3-6H,2H2,1H3. The van der Waals surface area contributed by atoms with E-state index in [-0.39, 0.29) is 0 Å². The molecule has 6 heteroatoms. The van der Waals surface area contributed by atoms with E-state index in [1.807, 2.05) is 0 Å². The molecule has 0 fully saturated rings. The van der Waals surface area contributed by atoms with E-state index in [2.05, 4.69) is 99.8 Å². The molecule has 0 N–H and O–H groups in total. The maximum atomic E-state index is 3.70. The van der Waals surface area contributed by atoms with Gasteiger partial charge in [0.2, 0.25) is 0 Å². The fourth-order valence-corrected chi connectivity index (χ4v) is 7.00. The first kappa shape index (κ1) is 15.4. The highest BCUT2D eigenvalue weighted by Crippen LogP contribution is 2.54. The lowest BCUT2D eigenvalue weighted by atomic mass is 10.2. The summed E-state index contributed by atoms with van der Waals surface area (Å²) in [5.41, 5.74) is 2.47. The van der Waals surface area contributed by atoms with Gasteiger partial charge >= 0.3 is 0 Å². The Hall–Kier alpha value is 0.510. The second kappa shape index (κ2) is 5.95. The van der Waals surface area contributed by atoms with Crippen LogP contribution in [-0.4, -0.2) is 6.54 Å². The minimum Gasteiger partial charge on any atom is -0.338 e. The van der Waals surface area contributed by atoms with Crippen LogP contribution in [0.1, 0.15) is 6.92 Å². The first-order valence-electron chi connectivity index (χ1n) is 5.94. The Labute approximate surface area is 156 Å². The highest BCUT2D eigenvalue weighted by atomic mass is 79.9. The molecular weight excluding hydrogens is 534 g/mol. The zero-order chi connectivity index (χ0) is 14.4. The van der Waals surface area contributed by atoms with Crippen LogP contribution in [0.4, 0.5) is 11.4 Å². The van der Waals surface area contributed by atoms with Gasteiger partial charge in [-0.15, -0.1) is 0 Å². The predicted molar refractivity (Wildman–Crippen MR) is 100 cm³/mol. The van der Waals surface area contributed by atoms with Crippen molar-refractivity contribution in [1.29, 1.82) is 0 Å². The Balaban J connectivity index is 2.27. The molecular formula is C14H9Br4NS. The molecule has 0 radical (unpaired) electrons. The lowest BCUT2D eigenvalue weighted by Crippen LogP contribution is -2.21. The van der Waals surface area contributed by atoms with Gasteiger partial charge in [-0.05, 0) is 63.0 Å². The zero-order valence-electron chi connectivity index (χ0n) is 10.4. The molecule has 2 aromatic rings. The molecule has 1 nitrogen and oxygen atoms in total. The summed E-state index contributed by atoms with van der Waals surface area (Å²) in [6.07, 6.45) is 0. The van der Waals surface area contributed by atoms with Crippen LogP contribution in [0.2, 0.25) is 0 Å². The van der Waals surface area contributed by atoms with E-state index in [4.69, 9.17) is 0 Å². The number of hydrogen-bond acceptors (Lipinski definition) is 2. The van der Waals surface area contributed by atoms with Crippen LogP contribution in [0.5, 0.6) is 0 Å². The lowest BCUT2D eigenvalue weighted by molar-refractivity contribution is 0.968. The van der Waals surface area contributed by atoms with Crippen LogP contribution < -0.4 is 4.90 Å². The van der Waals surface area contributed by atoms with E-state index >= 15 is 0 Å². The predicted octanol–water partition coefficient (Wildman–Crippen LogP) is 7.36. The lowest BCUT2D eigenvalue weighted by Gasteiger charge is -2.34. The summed E-state index contributed by atoms with van der Waals surface area (Å²) in [4.78, 5) is 4.85. The van der Waals surface area contributed by atoms with Gasteiger partial charge in [-0.1, -0.05) is 43.6 Å². The molecule has 0 amide bonds. The number of anilines is 2. The summed E-state index contributed by atoms with van der Waals surface area (Å²) in [6.45, 7) is 3.09. The van der Waals surface area contributed by atoms with Crippen molar-refractivity contribution >= 4 is 86.9 Å². The van der Waals surface area contributed by atoms with Gasteiger partial charge in [0.25, 0.3) is 0 Å². The van der Waals surface area contributed by atoms with E-state index in [1.165, 1.54) is 21.2 Å². The molecule has 104 valence electrons. The molecule has 1 heterocycles. The number of rotatable bonds is 1. The first-order chi connectivity index (χ1) is 9.51. The van der Waals surface area contributed by atoms with Gasteiger partial charge in [0.05, 0.1) is 11.4 Å². The van der Waals surface area contributed by atoms with Gasteiger partial charge in [-0.2, -0.15) is 0 Å². The summed E-state index contributed by atoms with van der Waals surface area (Å²) in [5.74, 6) is 0. The summed E-state index contributed by atoms with van der Waals surface area (Å²) >= 11 is 16.3. The van der Waals surface area contributed by atoms with Gasteiger partial charge in [0, 0.05) is 34.2 Å². The van der Waals surface area contributed by atoms with E-state index in [0.717, 1.165) is 24.4 Å². The summed E-state index contributed by atoms with van der Waals surface area (Å²) in [5, 5.41) is 0. The van der Waals surface area contributed by atoms with Gasteiger partial charge in [-0.25, -0.2) is 0 Å². The smallest absolute Gasteiger partial charge is 0.0698 e. The van der Waals surface area contributed by atoms with Crippen LogP contribution in [0, 0.1) is 0 Å². The van der Waals surface area contributed by atoms with Crippen molar-refractivity contribution in [2.45, 2.75) is 16.7 Å². The quantitative estimate of drug-likeness (QED) is 0.370. The van der Waals surface area contributed by atoms with Crippen molar-refractivity contribution in [3.8, 4) is 0 Å². The molecule has 0 aliphatic carbocycles. The SMILES string of the molecule is CCN1c2c(Br)cc(Br)cc2Sc2cc(Br)cc(Br)c21. The van der Waals surface area contributed by atoms with E-state index in [0.29, 0.717) is 0 Å². The van der Waals surface area contributed by atoms with Gasteiger partial charge < -0.3 is 4.90 Å². The second-order valence-corrected chi connectivity index (χ2v) is 8.94. The van der Waals surface area contributed by atoms with Crippen LogP contribution in [0.3, 0.4) is 0 Å². The highest BCUT2D eigenvalue weighted by molar-refractivity contribution is 9.11. The average molecular weight is 543 g/mol. The van der Waals surface area contributed by atoms with Crippen molar-refractivity contribution in [2.75, 3.05) is 11.4 Å². The average Bonchev–Trinajstić information content (AvgIpc) is 2.35. The van der Waals surface area contributed by atoms with Crippen molar-refractivity contribution in [2.24, 2.45) is 0 Å². The largest absolute Gasteiger partial charge is 0.338 e. The molecule has 0 spiro atoms. The molecule has 3 rings (SSSR count). The third kappa shape index (κ3) is 2.62. The van der Waals surface area contributed by atoms with Gasteiger partial charge in [0.15, 0.2) is 0 Å². The maximum Gasteiger partial charge on any atom is 0.0698 e. The van der Waals surface area contributed by atoms with Crippen LogP contribution in [0.15, 0.2) is 51.9 Å². The third-order valence-electron chi connectivity index (χ3n) is 3.06. The third-order valence-corrected chi connectivity index (χ3v) is 6.25. The number of hydrogen-bond donors (Lipinski definition) is 0. The van der Waals surface area contributed by atoms with Crippen molar-refractivity contribution < 1.29 is 0 Å². The second-order valence-electron chi connectivity index (χ2n) is 4.32. The maximum absolute atomic E-state index is 3.70. The minimum absolute atomic E-state index is 0.918. The molecule has 0 bridgehead atoms. The molecule has 1 aliphatic heterocycles. The Morgan fingerprint density at radius 2 is 1.30 bits per heavy atom. The molecule has 0 saturated heterocycles.